The van der Waals surface area contributed by atoms with E-state index in [0.717, 1.165) is 76.5 Å². The number of non-ortho nitro benzene ring substituents is 2. The Morgan fingerprint density at radius 3 is 1.39 bits per heavy atom. The van der Waals surface area contributed by atoms with Gasteiger partial charge in [0, 0.05) is 134 Å². The van der Waals surface area contributed by atoms with Crippen molar-refractivity contribution in [2.45, 2.75) is 112 Å². The minimum atomic E-state index is -4.67. The average molecular weight is 1930 g/mol. The van der Waals surface area contributed by atoms with Crippen LogP contribution in [0.25, 0.3) is 65.3 Å². The molecule has 127 heavy (non-hydrogen) atoms. The average Bonchev–Trinajstić information content (AvgIpc) is 1.60. The van der Waals surface area contributed by atoms with Crippen LogP contribution in [0.4, 0.5) is 11.4 Å². The van der Waals surface area contributed by atoms with Gasteiger partial charge in [0.05, 0.1) is 104 Å². The van der Waals surface area contributed by atoms with Crippen molar-refractivity contribution < 1.29 is 164 Å². The molecule has 2 N–H and O–H groups in total. The summed E-state index contributed by atoms with van der Waals surface area (Å²) in [6, 6.07) is 41.0. The summed E-state index contributed by atoms with van der Waals surface area (Å²) in [5.41, 5.74) is 4.85. The number of para-hydroxylation sites is 1. The van der Waals surface area contributed by atoms with Crippen molar-refractivity contribution in [1.29, 1.82) is 0 Å². The van der Waals surface area contributed by atoms with Gasteiger partial charge in [-0.3, -0.25) is 49.3 Å². The number of rotatable bonds is 18. The molecule has 7 heterocycles. The van der Waals surface area contributed by atoms with Gasteiger partial charge in [0.15, 0.2) is 52.8 Å². The summed E-state index contributed by atoms with van der Waals surface area (Å²) < 4.78 is 122. The molecule has 3 aliphatic heterocycles. The Morgan fingerprint density at radius 2 is 0.898 bits per heavy atom. The number of fused-ring (bicyclic) bond motifs is 5. The topological polar surface area (TPSA) is 422 Å². The van der Waals surface area contributed by atoms with Crippen LogP contribution in [0, 0.1) is 39.0 Å². The van der Waals surface area contributed by atoms with Gasteiger partial charge >= 0.3 is 76.2 Å². The van der Waals surface area contributed by atoms with E-state index >= 15 is 0 Å². The normalized spacial score (nSPS) is 13.4. The number of hydrogen-bond donors (Lipinski definition) is 2. The first-order chi connectivity index (χ1) is 59.7. The molecule has 40 heteroatoms. The fraction of sp³-hybridized carbons (Fsp3) is 0.310. The molecule has 2 saturated heterocycles. The zero-order valence-electron chi connectivity index (χ0n) is 74.2. The number of nitrogens with zero attached hydrogens (tertiary/aromatic N) is 7. The molecule has 0 bridgehead atoms. The van der Waals surface area contributed by atoms with E-state index in [1.54, 1.807) is 119 Å². The standard InChI is InChI=1S/C18H16N2O4.C17H13NO3.C16H25BO6.C9H19BO3.C9H5BrN2O2.C9H6BrN.C9H12O2.K.HNO3.H2O4S/c1-11-13(7-8-16(23-2)18(11)24-3)14-10-19-9-12-5-4-6-15(17(12)14)20(21)22;1-19-14-7-6-11-12-9-18-8-10-4-3-5-13(15(10)12)21-16(11)17(14)20-2;1-15(2)16(3,4)23-17(22-15)11-8-9-12(19-6)14(20-7)13(11)21-10-18-5;1-7(2)11-10-12-8(3,4)9(5,6)13-10;10-7-5-11-4-6-2-1-3-8(9(6)7)12(13)14;10-9-6-11-5-7-3-1-2-4-8(7)9;1-7-5-4-6-8(10-2)9(7)11-3;;2-1-4-3;1-5(2,3)4/h4-10H,1-3H3;3-9H,1-2H3;8-9H,10H2,1-7H3;7H,1-6H3;1-5H;1-6H;4-6H,1-3H3;;3H;(H2,1,2,3,4)/q;;;;;;;+1;;/p-1. The molecule has 12 aromatic rings. The molecule has 2 fully saturated rings. The van der Waals surface area contributed by atoms with E-state index in [1.165, 1.54) is 28.2 Å². The largest absolute Gasteiger partial charge is 1.00 e. The molecule has 34 nitrogen and oxygen atoms in total. The van der Waals surface area contributed by atoms with Crippen molar-refractivity contribution in [1.82, 2.24) is 19.9 Å². The predicted molar refractivity (Wildman–Crippen MR) is 483 cm³/mol. The van der Waals surface area contributed by atoms with Crippen LogP contribution in [0.3, 0.4) is 0 Å². The third kappa shape index (κ3) is 27.3. The number of pyridine rings is 4. The number of ether oxygens (including phenoxy) is 11. The van der Waals surface area contributed by atoms with Crippen LogP contribution in [-0.4, -0.2) is 161 Å². The number of aryl methyl sites for hydroxylation is 1. The second-order valence-electron chi connectivity index (χ2n) is 29.2. The molecule has 0 radical (unpaired) electrons. The molecule has 4 aromatic heterocycles. The molecule has 8 aromatic carbocycles. The van der Waals surface area contributed by atoms with E-state index < -0.39 is 41.0 Å². The zero-order chi connectivity index (χ0) is 93.2. The van der Waals surface area contributed by atoms with E-state index in [2.05, 4.69) is 62.9 Å². The Balaban J connectivity index is 0.000000229. The summed E-state index contributed by atoms with van der Waals surface area (Å²) in [5, 5.41) is 39.1. The fourth-order valence-corrected chi connectivity index (χ4v) is 13.6. The van der Waals surface area contributed by atoms with Crippen molar-refractivity contribution >= 4 is 117 Å². The van der Waals surface area contributed by atoms with E-state index in [9.17, 15) is 20.2 Å². The third-order valence-corrected chi connectivity index (χ3v) is 21.2. The van der Waals surface area contributed by atoms with Gasteiger partial charge in [0.2, 0.25) is 11.5 Å². The number of nitro benzene ring substituents is 2. The summed E-state index contributed by atoms with van der Waals surface area (Å²) in [6.45, 7) is 23.9. The Bertz CT molecular complexity index is 5810. The number of hydrogen-bond acceptors (Lipinski definition) is 30. The third-order valence-electron chi connectivity index (χ3n) is 19.9. The van der Waals surface area contributed by atoms with Gasteiger partial charge in [-0.15, -0.1) is 4.91 Å². The van der Waals surface area contributed by atoms with Crippen LogP contribution in [0.15, 0.2) is 197 Å². The molecule has 0 saturated carbocycles. The maximum atomic E-state index is 11.4. The minimum Gasteiger partial charge on any atom is -0.635 e. The Hall–Kier alpha value is -10.1. The minimum absolute atomic E-state index is 0. The molecule has 0 amide bonds. The maximum Gasteiger partial charge on any atom is 1.00 e. The summed E-state index contributed by atoms with van der Waals surface area (Å²) in [7, 11) is 8.59. The first-order valence-corrected chi connectivity index (χ1v) is 41.1. The van der Waals surface area contributed by atoms with Crippen LogP contribution in [-0.2, 0) is 43.4 Å². The number of nitro groups is 2. The molecule has 670 valence electrons. The monoisotopic (exact) mass is 1920 g/mol. The van der Waals surface area contributed by atoms with E-state index in [0.29, 0.717) is 66.8 Å². The zero-order valence-corrected chi connectivity index (χ0v) is 81.3. The molecular weight excluding hydrogens is 1830 g/mol. The molecule has 0 atom stereocenters. The fourth-order valence-electron chi connectivity index (χ4n) is 12.6. The van der Waals surface area contributed by atoms with E-state index in [4.69, 9.17) is 103 Å². The predicted octanol–water partition coefficient (Wildman–Crippen LogP) is 15.4. The Kier molecular flexibility index (Phi) is 40.2. The van der Waals surface area contributed by atoms with E-state index in [1.807, 2.05) is 193 Å². The second kappa shape index (κ2) is 48.4. The van der Waals surface area contributed by atoms with Crippen molar-refractivity contribution in [2.24, 2.45) is 5.34 Å². The van der Waals surface area contributed by atoms with Gasteiger partial charge in [-0.05, 0) is 168 Å². The molecule has 3 aliphatic rings. The number of methoxy groups -OCH3 is 9. The Morgan fingerprint density at radius 1 is 0.480 bits per heavy atom. The van der Waals surface area contributed by atoms with E-state index in [-0.39, 0.29) is 91.8 Å². The van der Waals surface area contributed by atoms with Gasteiger partial charge in [0.25, 0.3) is 11.4 Å². The van der Waals surface area contributed by atoms with Crippen molar-refractivity contribution in [2.75, 3.05) is 70.8 Å². The van der Waals surface area contributed by atoms with Crippen molar-refractivity contribution in [3.8, 4) is 85.5 Å². The van der Waals surface area contributed by atoms with Gasteiger partial charge in [-0.1, -0.05) is 84.9 Å². The van der Waals surface area contributed by atoms with Crippen LogP contribution in [0.5, 0.6) is 63.2 Å². The summed E-state index contributed by atoms with van der Waals surface area (Å²) in [6.07, 6.45) is 13.9. The van der Waals surface area contributed by atoms with Gasteiger partial charge in [0.1, 0.15) is 11.1 Å². The number of aromatic nitrogens is 4. The van der Waals surface area contributed by atoms with Crippen molar-refractivity contribution in [3.63, 3.8) is 0 Å². The summed E-state index contributed by atoms with van der Waals surface area (Å²) in [4.78, 5) is 48.7. The number of benzene rings is 8. The van der Waals surface area contributed by atoms with Crippen molar-refractivity contribution in [3.05, 3.63) is 228 Å². The molecule has 0 unspecified atom stereocenters. The van der Waals surface area contributed by atoms with Gasteiger partial charge in [-0.2, -0.15) is 8.42 Å². The molecule has 0 spiro atoms. The summed E-state index contributed by atoms with van der Waals surface area (Å²) in [5.74, 6) is 7.09. The first-order valence-electron chi connectivity index (χ1n) is 38.1. The SMILES string of the molecule is Brc1cncc2ccccc12.CC(C)OB1OC(C)(C)C(C)(C)O1.COCOc1c(B2OC(C)(C)C(C)(C)O2)ccc(OC)c1OC.COc1ccc(-c2cncc3cccc([N+](=O)[O-])c23)c(C)c1OC.COc1ccc2c(c1OC)Oc1cccc3cncc-2c13.COc1cccc(C)c1OC.O=NO[O-].O=S(=O)(O)O.O=[N+]([O-])c1cccc2cncc(Br)c12.[K+]. The van der Waals surface area contributed by atoms with Crippen LogP contribution >= 0.6 is 31.9 Å². The first kappa shape index (κ1) is 106. The van der Waals surface area contributed by atoms with Crippen LogP contribution in [0.1, 0.15) is 80.4 Å². The molecule has 0 aliphatic carbocycles. The molecular formula is C87H98B2Br2KN7O27S. The molecule has 15 rings (SSSR count). The smallest absolute Gasteiger partial charge is 0.635 e. The summed E-state index contributed by atoms with van der Waals surface area (Å²) >= 11 is 6.68. The van der Waals surface area contributed by atoms with Gasteiger partial charge < -0.3 is 85.6 Å². The quantitative estimate of drug-likeness (QED) is 0.0153. The van der Waals surface area contributed by atoms with Gasteiger partial charge in [-0.25, -0.2) is 0 Å². The maximum absolute atomic E-state index is 11.4. The van der Waals surface area contributed by atoms with Crippen LogP contribution in [0.2, 0.25) is 0 Å². The van der Waals surface area contributed by atoms with Crippen LogP contribution < -0.4 is 109 Å². The number of halogens is 2. The second-order valence-corrected chi connectivity index (χ2v) is 31.8. The Labute approximate surface area is 795 Å².